The summed E-state index contributed by atoms with van der Waals surface area (Å²) in [6.45, 7) is -1.51. The molecule has 2 aromatic heterocycles. The summed E-state index contributed by atoms with van der Waals surface area (Å²) in [4.78, 5) is 16.5. The first-order chi connectivity index (χ1) is 16.1. The second-order valence-corrected chi connectivity index (χ2v) is 9.51. The standard InChI is InChI=1S/C24H19F3N2O4S/c25-24(26,27)16-33-19-2-1-3-21(14-19)34(31,32)20-8-4-17(5-9-20)6-10-22(30)18-7-11-23-28-12-13-29(23)15-18/h1-5,7-9,11-15H,6,10,16H2. The number of sulfone groups is 1. The van der Waals surface area contributed by atoms with Gasteiger partial charge in [0.15, 0.2) is 12.4 Å². The molecule has 0 bridgehead atoms. The third kappa shape index (κ3) is 5.45. The normalized spacial score (nSPS) is 12.1. The summed E-state index contributed by atoms with van der Waals surface area (Å²) in [6.07, 6.45) is 1.24. The largest absolute Gasteiger partial charge is 0.484 e. The van der Waals surface area contributed by atoms with Crippen molar-refractivity contribution in [2.24, 2.45) is 0 Å². The van der Waals surface area contributed by atoms with Crippen LogP contribution in [0.15, 0.2) is 89.0 Å². The Morgan fingerprint density at radius 3 is 2.50 bits per heavy atom. The topological polar surface area (TPSA) is 77.7 Å². The molecule has 0 aliphatic heterocycles. The summed E-state index contributed by atoms with van der Waals surface area (Å²) in [5, 5.41) is 0. The van der Waals surface area contributed by atoms with Gasteiger partial charge in [0.05, 0.1) is 9.79 Å². The number of carbonyl (C=O) groups excluding carboxylic acids is 1. The van der Waals surface area contributed by atoms with Crippen LogP contribution in [0.1, 0.15) is 22.3 Å². The van der Waals surface area contributed by atoms with Crippen LogP contribution in [0, 0.1) is 0 Å². The first-order valence-corrected chi connectivity index (χ1v) is 11.7. The Morgan fingerprint density at radius 1 is 1.00 bits per heavy atom. The van der Waals surface area contributed by atoms with Crippen LogP contribution in [0.25, 0.3) is 5.65 Å². The fourth-order valence-corrected chi connectivity index (χ4v) is 4.65. The van der Waals surface area contributed by atoms with Crippen molar-refractivity contribution in [1.29, 1.82) is 0 Å². The quantitative estimate of drug-likeness (QED) is 0.329. The third-order valence-electron chi connectivity index (χ3n) is 5.10. The van der Waals surface area contributed by atoms with Crippen molar-refractivity contribution in [2.45, 2.75) is 28.8 Å². The van der Waals surface area contributed by atoms with Crippen molar-refractivity contribution < 1.29 is 31.1 Å². The molecule has 176 valence electrons. The summed E-state index contributed by atoms with van der Waals surface area (Å²) < 4.78 is 69.3. The van der Waals surface area contributed by atoms with E-state index in [1.807, 2.05) is 0 Å². The van der Waals surface area contributed by atoms with Crippen LogP contribution in [0.4, 0.5) is 13.2 Å². The van der Waals surface area contributed by atoms with E-state index in [2.05, 4.69) is 9.72 Å². The number of aromatic nitrogens is 2. The molecule has 0 aliphatic rings. The molecule has 0 unspecified atom stereocenters. The number of hydrogen-bond donors (Lipinski definition) is 0. The summed E-state index contributed by atoms with van der Waals surface area (Å²) in [5.41, 5.74) is 2.07. The van der Waals surface area contributed by atoms with Crippen molar-refractivity contribution in [2.75, 3.05) is 6.61 Å². The monoisotopic (exact) mass is 488 g/mol. The Bertz CT molecular complexity index is 1430. The summed E-state index contributed by atoms with van der Waals surface area (Å²) >= 11 is 0. The van der Waals surface area contributed by atoms with E-state index in [9.17, 15) is 26.4 Å². The Balaban J connectivity index is 1.42. The Hall–Kier alpha value is -3.66. The number of alkyl halides is 3. The SMILES string of the molecule is O=C(CCc1ccc(S(=O)(=O)c2cccc(OCC(F)(F)F)c2)cc1)c1ccc2nccn2c1. The van der Waals surface area contributed by atoms with Crippen LogP contribution in [0.3, 0.4) is 0 Å². The zero-order valence-corrected chi connectivity index (χ0v) is 18.5. The second kappa shape index (κ2) is 9.30. The lowest BCUT2D eigenvalue weighted by Gasteiger charge is -2.11. The fraction of sp³-hybridized carbons (Fsp3) is 0.167. The van der Waals surface area contributed by atoms with Gasteiger partial charge < -0.3 is 9.14 Å². The van der Waals surface area contributed by atoms with Crippen LogP contribution in [0.2, 0.25) is 0 Å². The highest BCUT2D eigenvalue weighted by molar-refractivity contribution is 7.91. The maximum Gasteiger partial charge on any atom is 0.422 e. The molecule has 0 radical (unpaired) electrons. The van der Waals surface area contributed by atoms with Gasteiger partial charge in [0, 0.05) is 30.6 Å². The zero-order chi connectivity index (χ0) is 24.3. The molecule has 0 amide bonds. The number of nitrogens with zero attached hydrogens (tertiary/aromatic N) is 2. The zero-order valence-electron chi connectivity index (χ0n) is 17.7. The van der Waals surface area contributed by atoms with Crippen LogP contribution in [-0.4, -0.2) is 36.4 Å². The molecule has 4 rings (SSSR count). The van der Waals surface area contributed by atoms with E-state index >= 15 is 0 Å². The maximum atomic E-state index is 12.9. The van der Waals surface area contributed by atoms with Crippen LogP contribution >= 0.6 is 0 Å². The summed E-state index contributed by atoms with van der Waals surface area (Å²) in [6, 6.07) is 14.5. The molecule has 2 aromatic carbocycles. The van der Waals surface area contributed by atoms with Gasteiger partial charge in [-0.25, -0.2) is 13.4 Å². The molecular weight excluding hydrogens is 469 g/mol. The summed E-state index contributed by atoms with van der Waals surface area (Å²) in [5.74, 6) is -0.245. The highest BCUT2D eigenvalue weighted by Crippen LogP contribution is 2.26. The number of hydrogen-bond acceptors (Lipinski definition) is 5. The van der Waals surface area contributed by atoms with E-state index in [4.69, 9.17) is 0 Å². The first-order valence-electron chi connectivity index (χ1n) is 10.2. The maximum absolute atomic E-state index is 12.9. The number of Topliss-reactive ketones (excluding diaryl/α,β-unsaturated/α-hetero) is 1. The number of benzene rings is 2. The number of carbonyl (C=O) groups is 1. The molecule has 0 saturated carbocycles. The number of halogens is 3. The highest BCUT2D eigenvalue weighted by Gasteiger charge is 2.28. The van der Waals surface area contributed by atoms with Crippen molar-refractivity contribution >= 4 is 21.3 Å². The van der Waals surface area contributed by atoms with E-state index in [-0.39, 0.29) is 27.7 Å². The van der Waals surface area contributed by atoms with Crippen LogP contribution in [-0.2, 0) is 16.3 Å². The van der Waals surface area contributed by atoms with E-state index in [0.717, 1.165) is 17.3 Å². The van der Waals surface area contributed by atoms with Crippen molar-refractivity contribution in [3.63, 3.8) is 0 Å². The number of pyridine rings is 1. The van der Waals surface area contributed by atoms with Crippen molar-refractivity contribution in [3.8, 4) is 5.75 Å². The van der Waals surface area contributed by atoms with Gasteiger partial charge in [-0.1, -0.05) is 18.2 Å². The predicted molar refractivity (Wildman–Crippen MR) is 118 cm³/mol. The molecule has 34 heavy (non-hydrogen) atoms. The van der Waals surface area contributed by atoms with E-state index in [1.165, 1.54) is 30.3 Å². The molecule has 0 fully saturated rings. The second-order valence-electron chi connectivity index (χ2n) is 7.56. The fourth-order valence-electron chi connectivity index (χ4n) is 3.35. The van der Waals surface area contributed by atoms with Gasteiger partial charge in [-0.2, -0.15) is 13.2 Å². The van der Waals surface area contributed by atoms with E-state index < -0.39 is 22.6 Å². The van der Waals surface area contributed by atoms with Gasteiger partial charge in [0.2, 0.25) is 9.84 Å². The third-order valence-corrected chi connectivity index (χ3v) is 6.87. The lowest BCUT2D eigenvalue weighted by molar-refractivity contribution is -0.153. The highest BCUT2D eigenvalue weighted by atomic mass is 32.2. The number of rotatable bonds is 8. The summed E-state index contributed by atoms with van der Waals surface area (Å²) in [7, 11) is -3.96. The average molecular weight is 488 g/mol. The Kier molecular flexibility index (Phi) is 6.43. The van der Waals surface area contributed by atoms with Gasteiger partial charge in [-0.05, 0) is 54.4 Å². The predicted octanol–water partition coefficient (Wildman–Crippen LogP) is 4.92. The Morgan fingerprint density at radius 2 is 1.76 bits per heavy atom. The lowest BCUT2D eigenvalue weighted by Crippen LogP contribution is -2.19. The Labute approximate surface area is 193 Å². The van der Waals surface area contributed by atoms with Crippen molar-refractivity contribution in [3.05, 3.63) is 90.4 Å². The van der Waals surface area contributed by atoms with Gasteiger partial charge in [0.1, 0.15) is 11.4 Å². The first kappa shape index (κ1) is 23.5. The molecule has 0 atom stereocenters. The molecule has 0 aliphatic carbocycles. The van der Waals surface area contributed by atoms with E-state index in [1.54, 1.807) is 47.3 Å². The number of ether oxygens (including phenoxy) is 1. The molecule has 6 nitrogen and oxygen atoms in total. The number of aryl methyl sites for hydroxylation is 1. The minimum Gasteiger partial charge on any atom is -0.484 e. The molecule has 0 spiro atoms. The van der Waals surface area contributed by atoms with E-state index in [0.29, 0.717) is 12.0 Å². The van der Waals surface area contributed by atoms with Gasteiger partial charge in [0.25, 0.3) is 0 Å². The van der Waals surface area contributed by atoms with Crippen LogP contribution < -0.4 is 4.74 Å². The van der Waals surface area contributed by atoms with Gasteiger partial charge in [-0.15, -0.1) is 0 Å². The molecule has 0 saturated heterocycles. The minimum absolute atomic E-state index is 0.0129. The van der Waals surface area contributed by atoms with Gasteiger partial charge in [-0.3, -0.25) is 4.79 Å². The number of imidazole rings is 1. The minimum atomic E-state index is -4.53. The van der Waals surface area contributed by atoms with Crippen LogP contribution in [0.5, 0.6) is 5.75 Å². The average Bonchev–Trinajstić information content (AvgIpc) is 3.29. The van der Waals surface area contributed by atoms with Crippen molar-refractivity contribution in [1.82, 2.24) is 9.38 Å². The smallest absolute Gasteiger partial charge is 0.422 e. The molecule has 0 N–H and O–H groups in total. The number of fused-ring (bicyclic) bond motifs is 1. The molecule has 2 heterocycles. The molecular formula is C24H19F3N2O4S. The molecule has 10 heteroatoms. The van der Waals surface area contributed by atoms with Gasteiger partial charge >= 0.3 is 6.18 Å². The number of ketones is 1. The lowest BCUT2D eigenvalue weighted by atomic mass is 10.0. The molecule has 4 aromatic rings.